The Bertz CT molecular complexity index is 344. The highest BCUT2D eigenvalue weighted by Gasteiger charge is 2.23. The zero-order chi connectivity index (χ0) is 11.6. The van der Waals surface area contributed by atoms with Crippen molar-refractivity contribution in [1.82, 2.24) is 10.1 Å². The van der Waals surface area contributed by atoms with Gasteiger partial charge in [0.25, 0.3) is 5.91 Å². The van der Waals surface area contributed by atoms with Crippen LogP contribution in [-0.4, -0.2) is 30.1 Å². The molecule has 2 N–H and O–H groups in total. The van der Waals surface area contributed by atoms with Crippen LogP contribution in [0.3, 0.4) is 0 Å². The van der Waals surface area contributed by atoms with Crippen molar-refractivity contribution in [1.29, 1.82) is 0 Å². The molecule has 5 nitrogen and oxygen atoms in total. The molecule has 0 spiro atoms. The van der Waals surface area contributed by atoms with Crippen LogP contribution >= 0.6 is 0 Å². The third kappa shape index (κ3) is 2.36. The maximum Gasteiger partial charge on any atom is 0.258 e. The van der Waals surface area contributed by atoms with E-state index in [-0.39, 0.29) is 17.9 Å². The monoisotopic (exact) mass is 211 g/mol. The molecule has 0 aliphatic carbocycles. The van der Waals surface area contributed by atoms with Crippen molar-refractivity contribution in [2.45, 2.75) is 19.9 Å². The van der Waals surface area contributed by atoms with E-state index in [1.807, 2.05) is 13.8 Å². The third-order valence-corrected chi connectivity index (χ3v) is 2.27. The molecule has 0 unspecified atom stereocenters. The van der Waals surface area contributed by atoms with E-state index in [1.165, 1.54) is 11.2 Å². The Balaban J connectivity index is 3.01. The van der Waals surface area contributed by atoms with E-state index in [1.54, 1.807) is 14.1 Å². The SMILES string of the molecule is CC(C)[C@H](N)c1nocc1C(=O)N(C)C. The molecule has 5 heteroatoms. The topological polar surface area (TPSA) is 72.4 Å². The Labute approximate surface area is 89.2 Å². The van der Waals surface area contributed by atoms with Gasteiger partial charge < -0.3 is 15.2 Å². The predicted octanol–water partition coefficient (Wildman–Crippen LogP) is 1.03. The van der Waals surface area contributed by atoms with Gasteiger partial charge in [-0.15, -0.1) is 0 Å². The molecule has 0 saturated heterocycles. The molecule has 1 aromatic rings. The summed E-state index contributed by atoms with van der Waals surface area (Å²) in [5.74, 6) is 0.0752. The van der Waals surface area contributed by atoms with E-state index < -0.39 is 0 Å². The number of carbonyl (C=O) groups is 1. The molecule has 1 aromatic heterocycles. The van der Waals surface area contributed by atoms with Gasteiger partial charge in [0.05, 0.1) is 6.04 Å². The Kier molecular flexibility index (Phi) is 3.47. The second kappa shape index (κ2) is 4.44. The van der Waals surface area contributed by atoms with Gasteiger partial charge in [0.1, 0.15) is 17.5 Å². The first-order valence-electron chi connectivity index (χ1n) is 4.86. The summed E-state index contributed by atoms with van der Waals surface area (Å²) in [7, 11) is 3.36. The number of nitrogens with two attached hydrogens (primary N) is 1. The fourth-order valence-electron chi connectivity index (χ4n) is 1.20. The lowest BCUT2D eigenvalue weighted by molar-refractivity contribution is 0.0825. The number of carbonyl (C=O) groups excluding carboxylic acids is 1. The van der Waals surface area contributed by atoms with E-state index in [9.17, 15) is 4.79 Å². The minimum Gasteiger partial charge on any atom is -0.364 e. The lowest BCUT2D eigenvalue weighted by atomic mass is 9.99. The Morgan fingerprint density at radius 1 is 1.53 bits per heavy atom. The molecule has 1 rings (SSSR count). The average Bonchev–Trinajstić information content (AvgIpc) is 2.63. The predicted molar refractivity (Wildman–Crippen MR) is 56.3 cm³/mol. The van der Waals surface area contributed by atoms with Crippen LogP contribution in [0.4, 0.5) is 0 Å². The first-order valence-corrected chi connectivity index (χ1v) is 4.86. The number of rotatable bonds is 3. The van der Waals surface area contributed by atoms with E-state index >= 15 is 0 Å². The molecule has 84 valence electrons. The Morgan fingerprint density at radius 3 is 2.60 bits per heavy atom. The number of hydrogen-bond donors (Lipinski definition) is 1. The van der Waals surface area contributed by atoms with Crippen LogP contribution in [0.15, 0.2) is 10.8 Å². The smallest absolute Gasteiger partial charge is 0.258 e. The molecule has 1 atom stereocenters. The largest absolute Gasteiger partial charge is 0.364 e. The first kappa shape index (κ1) is 11.7. The Morgan fingerprint density at radius 2 is 2.13 bits per heavy atom. The van der Waals surface area contributed by atoms with E-state index in [4.69, 9.17) is 10.3 Å². The summed E-state index contributed by atoms with van der Waals surface area (Å²) >= 11 is 0. The van der Waals surface area contributed by atoms with Gasteiger partial charge in [-0.05, 0) is 5.92 Å². The highest BCUT2D eigenvalue weighted by molar-refractivity contribution is 5.94. The van der Waals surface area contributed by atoms with E-state index in [0.29, 0.717) is 11.3 Å². The van der Waals surface area contributed by atoms with Crippen molar-refractivity contribution in [3.05, 3.63) is 17.5 Å². The zero-order valence-electron chi connectivity index (χ0n) is 9.52. The van der Waals surface area contributed by atoms with Gasteiger partial charge in [-0.1, -0.05) is 19.0 Å². The van der Waals surface area contributed by atoms with Gasteiger partial charge in [0, 0.05) is 14.1 Å². The molecule has 0 saturated carbocycles. The Hall–Kier alpha value is -1.36. The summed E-state index contributed by atoms with van der Waals surface area (Å²) in [5, 5.41) is 3.79. The molecule has 1 amide bonds. The van der Waals surface area contributed by atoms with E-state index in [2.05, 4.69) is 5.16 Å². The van der Waals surface area contributed by atoms with Crippen LogP contribution in [0.25, 0.3) is 0 Å². The number of nitrogens with zero attached hydrogens (tertiary/aromatic N) is 2. The summed E-state index contributed by atoms with van der Waals surface area (Å²) < 4.78 is 4.81. The zero-order valence-corrected chi connectivity index (χ0v) is 9.52. The van der Waals surface area contributed by atoms with Gasteiger partial charge >= 0.3 is 0 Å². The molecule has 0 aliphatic rings. The van der Waals surface area contributed by atoms with Gasteiger partial charge in [-0.2, -0.15) is 0 Å². The minimum absolute atomic E-state index is 0.137. The van der Waals surface area contributed by atoms with Crippen LogP contribution in [0, 0.1) is 5.92 Å². The highest BCUT2D eigenvalue weighted by atomic mass is 16.5. The molecule has 1 heterocycles. The highest BCUT2D eigenvalue weighted by Crippen LogP contribution is 2.21. The van der Waals surface area contributed by atoms with Crippen LogP contribution in [0.1, 0.15) is 35.9 Å². The lowest BCUT2D eigenvalue weighted by Gasteiger charge is -2.15. The van der Waals surface area contributed by atoms with Crippen LogP contribution in [0.5, 0.6) is 0 Å². The third-order valence-electron chi connectivity index (χ3n) is 2.27. The fourth-order valence-corrected chi connectivity index (χ4v) is 1.20. The summed E-state index contributed by atoms with van der Waals surface area (Å²) in [6.45, 7) is 3.95. The number of amides is 1. The van der Waals surface area contributed by atoms with Gasteiger partial charge in [0.2, 0.25) is 0 Å². The lowest BCUT2D eigenvalue weighted by Crippen LogP contribution is -2.26. The molecule has 0 aromatic carbocycles. The molecule has 0 aliphatic heterocycles. The second-order valence-corrected chi connectivity index (χ2v) is 4.08. The molecular weight excluding hydrogens is 194 g/mol. The van der Waals surface area contributed by atoms with Crippen molar-refractivity contribution in [3.8, 4) is 0 Å². The first-order chi connectivity index (χ1) is 6.95. The van der Waals surface area contributed by atoms with Crippen molar-refractivity contribution < 1.29 is 9.32 Å². The molecule has 0 radical (unpaired) electrons. The second-order valence-electron chi connectivity index (χ2n) is 4.08. The van der Waals surface area contributed by atoms with Crippen molar-refractivity contribution >= 4 is 5.91 Å². The van der Waals surface area contributed by atoms with E-state index in [0.717, 1.165) is 0 Å². The summed E-state index contributed by atoms with van der Waals surface area (Å²) in [6, 6.07) is -0.275. The van der Waals surface area contributed by atoms with Crippen molar-refractivity contribution in [2.24, 2.45) is 11.7 Å². The minimum atomic E-state index is -0.275. The number of hydrogen-bond acceptors (Lipinski definition) is 4. The van der Waals surface area contributed by atoms with Gasteiger partial charge in [0.15, 0.2) is 0 Å². The summed E-state index contributed by atoms with van der Waals surface area (Å²) in [5.41, 5.74) is 6.90. The molecule has 0 fully saturated rings. The average molecular weight is 211 g/mol. The van der Waals surface area contributed by atoms with Crippen LogP contribution in [0.2, 0.25) is 0 Å². The maximum atomic E-state index is 11.7. The summed E-state index contributed by atoms with van der Waals surface area (Å²) in [6.07, 6.45) is 1.35. The molecule has 0 bridgehead atoms. The van der Waals surface area contributed by atoms with Gasteiger partial charge in [-0.3, -0.25) is 4.79 Å². The number of aromatic nitrogens is 1. The maximum absolute atomic E-state index is 11.7. The normalized spacial score (nSPS) is 12.9. The summed E-state index contributed by atoms with van der Waals surface area (Å²) in [4.78, 5) is 13.2. The molecule has 15 heavy (non-hydrogen) atoms. The van der Waals surface area contributed by atoms with Gasteiger partial charge in [-0.25, -0.2) is 0 Å². The van der Waals surface area contributed by atoms with Crippen LogP contribution < -0.4 is 5.73 Å². The fraction of sp³-hybridized carbons (Fsp3) is 0.600. The quantitative estimate of drug-likeness (QED) is 0.810. The van der Waals surface area contributed by atoms with Crippen molar-refractivity contribution in [3.63, 3.8) is 0 Å². The molecular formula is C10H17N3O2. The standard InChI is InChI=1S/C10H17N3O2/c1-6(2)8(11)9-7(5-15-12-9)10(14)13(3)4/h5-6,8H,11H2,1-4H3/t8-/m0/s1. The van der Waals surface area contributed by atoms with Crippen LogP contribution in [-0.2, 0) is 0 Å². The van der Waals surface area contributed by atoms with Crippen molar-refractivity contribution in [2.75, 3.05) is 14.1 Å².